The van der Waals surface area contributed by atoms with Gasteiger partial charge in [0.25, 0.3) is 0 Å². The summed E-state index contributed by atoms with van der Waals surface area (Å²) in [4.78, 5) is 6.93. The normalized spacial score (nSPS) is 20.9. The Morgan fingerprint density at radius 3 is 2.71 bits per heavy atom. The van der Waals surface area contributed by atoms with E-state index >= 15 is 0 Å². The zero-order chi connectivity index (χ0) is 12.5. The molecule has 1 saturated heterocycles. The van der Waals surface area contributed by atoms with E-state index < -0.39 is 0 Å². The van der Waals surface area contributed by atoms with Gasteiger partial charge in [-0.25, -0.2) is 4.98 Å². The van der Waals surface area contributed by atoms with E-state index in [0.717, 1.165) is 12.4 Å². The molecule has 3 heteroatoms. The van der Waals surface area contributed by atoms with Gasteiger partial charge in [0.2, 0.25) is 0 Å². The first kappa shape index (κ1) is 12.7. The van der Waals surface area contributed by atoms with Gasteiger partial charge in [-0.3, -0.25) is 0 Å². The highest BCUT2D eigenvalue weighted by Crippen LogP contribution is 2.27. The van der Waals surface area contributed by atoms with Crippen LogP contribution in [0.5, 0.6) is 0 Å². The fourth-order valence-corrected chi connectivity index (χ4v) is 2.62. The molecule has 2 nitrogen and oxygen atoms in total. The Labute approximate surface area is 109 Å². The Morgan fingerprint density at radius 1 is 1.41 bits per heavy atom. The lowest BCUT2D eigenvalue weighted by Gasteiger charge is -2.25. The summed E-state index contributed by atoms with van der Waals surface area (Å²) < 4.78 is 0. The van der Waals surface area contributed by atoms with E-state index in [1.54, 1.807) is 0 Å². The molecule has 0 aromatic carbocycles. The number of nitrogens with zero attached hydrogens (tertiary/aromatic N) is 2. The van der Waals surface area contributed by atoms with Crippen LogP contribution in [0.3, 0.4) is 0 Å². The SMILES string of the molecule is CC(C)(C)c1ccc(N2CCCC2CCl)nc1. The van der Waals surface area contributed by atoms with Crippen molar-refractivity contribution >= 4 is 17.4 Å². The number of anilines is 1. The number of halogens is 1. The highest BCUT2D eigenvalue weighted by Gasteiger charge is 2.25. The first-order chi connectivity index (χ1) is 8.02. The van der Waals surface area contributed by atoms with Gasteiger partial charge in [-0.1, -0.05) is 26.8 Å². The first-order valence-electron chi connectivity index (χ1n) is 6.31. The Balaban J connectivity index is 2.18. The summed E-state index contributed by atoms with van der Waals surface area (Å²) in [5, 5.41) is 0. The number of rotatable bonds is 2. The summed E-state index contributed by atoms with van der Waals surface area (Å²) in [6.45, 7) is 7.71. The molecule has 1 unspecified atom stereocenters. The molecule has 1 aliphatic rings. The second kappa shape index (κ2) is 4.85. The van der Waals surface area contributed by atoms with E-state index in [0.29, 0.717) is 11.9 Å². The van der Waals surface area contributed by atoms with Crippen LogP contribution in [0.15, 0.2) is 18.3 Å². The molecule has 0 bridgehead atoms. The van der Waals surface area contributed by atoms with Crippen LogP contribution in [0.4, 0.5) is 5.82 Å². The van der Waals surface area contributed by atoms with Gasteiger partial charge >= 0.3 is 0 Å². The number of hydrogen-bond donors (Lipinski definition) is 0. The topological polar surface area (TPSA) is 16.1 Å². The minimum atomic E-state index is 0.169. The Bertz CT molecular complexity index is 367. The van der Waals surface area contributed by atoms with Gasteiger partial charge in [-0.2, -0.15) is 0 Å². The molecule has 0 aliphatic carbocycles. The van der Waals surface area contributed by atoms with Gasteiger partial charge in [0.1, 0.15) is 5.82 Å². The average molecular weight is 253 g/mol. The van der Waals surface area contributed by atoms with Crippen LogP contribution in [0.25, 0.3) is 0 Å². The minimum Gasteiger partial charge on any atom is -0.352 e. The molecule has 1 atom stereocenters. The third kappa shape index (κ3) is 2.74. The van der Waals surface area contributed by atoms with Crippen molar-refractivity contribution in [3.05, 3.63) is 23.9 Å². The lowest BCUT2D eigenvalue weighted by Crippen LogP contribution is -2.31. The van der Waals surface area contributed by atoms with Crippen molar-refractivity contribution in [1.82, 2.24) is 4.98 Å². The van der Waals surface area contributed by atoms with Crippen molar-refractivity contribution in [2.24, 2.45) is 0 Å². The predicted octanol–water partition coefficient (Wildman–Crippen LogP) is 3.59. The summed E-state index contributed by atoms with van der Waals surface area (Å²) in [6, 6.07) is 4.78. The molecule has 17 heavy (non-hydrogen) atoms. The van der Waals surface area contributed by atoms with Crippen LogP contribution in [0.1, 0.15) is 39.2 Å². The summed E-state index contributed by atoms with van der Waals surface area (Å²) in [5.41, 5.74) is 1.45. The summed E-state index contributed by atoms with van der Waals surface area (Å²) in [7, 11) is 0. The molecule has 0 saturated carbocycles. The zero-order valence-corrected chi connectivity index (χ0v) is 11.7. The van der Waals surface area contributed by atoms with E-state index in [-0.39, 0.29) is 5.41 Å². The lowest BCUT2D eigenvalue weighted by molar-refractivity contribution is 0.587. The summed E-state index contributed by atoms with van der Waals surface area (Å²) in [5.74, 6) is 1.77. The average Bonchev–Trinajstić information content (AvgIpc) is 2.76. The third-order valence-electron chi connectivity index (χ3n) is 3.46. The molecule has 2 heterocycles. The van der Waals surface area contributed by atoms with Gasteiger partial charge in [0, 0.05) is 24.7 Å². The van der Waals surface area contributed by atoms with Crippen LogP contribution < -0.4 is 4.90 Å². The van der Waals surface area contributed by atoms with Crippen LogP contribution in [-0.2, 0) is 5.41 Å². The van der Waals surface area contributed by atoms with Crippen LogP contribution in [-0.4, -0.2) is 23.5 Å². The molecule has 1 aromatic rings. The second-order valence-corrected chi connectivity index (χ2v) is 6.11. The first-order valence-corrected chi connectivity index (χ1v) is 6.85. The monoisotopic (exact) mass is 252 g/mol. The van der Waals surface area contributed by atoms with Crippen molar-refractivity contribution in [2.45, 2.75) is 45.1 Å². The van der Waals surface area contributed by atoms with Gasteiger partial charge in [-0.05, 0) is 29.9 Å². The largest absolute Gasteiger partial charge is 0.352 e. The molecular formula is C14H21ClN2. The van der Waals surface area contributed by atoms with Crippen molar-refractivity contribution < 1.29 is 0 Å². The van der Waals surface area contributed by atoms with Gasteiger partial charge < -0.3 is 4.90 Å². The number of hydrogen-bond acceptors (Lipinski definition) is 2. The van der Waals surface area contributed by atoms with E-state index in [1.807, 2.05) is 6.20 Å². The predicted molar refractivity (Wildman–Crippen MR) is 74.0 cm³/mol. The van der Waals surface area contributed by atoms with E-state index in [9.17, 15) is 0 Å². The zero-order valence-electron chi connectivity index (χ0n) is 10.9. The molecule has 2 rings (SSSR count). The highest BCUT2D eigenvalue weighted by atomic mass is 35.5. The van der Waals surface area contributed by atoms with Gasteiger partial charge in [0.15, 0.2) is 0 Å². The number of pyridine rings is 1. The molecule has 0 N–H and O–H groups in total. The third-order valence-corrected chi connectivity index (χ3v) is 3.82. The maximum absolute atomic E-state index is 5.99. The quantitative estimate of drug-likeness (QED) is 0.748. The van der Waals surface area contributed by atoms with Crippen molar-refractivity contribution in [1.29, 1.82) is 0 Å². The molecule has 1 aromatic heterocycles. The number of aromatic nitrogens is 1. The Hall–Kier alpha value is -0.760. The lowest BCUT2D eigenvalue weighted by atomic mass is 9.88. The van der Waals surface area contributed by atoms with Gasteiger partial charge in [-0.15, -0.1) is 11.6 Å². The minimum absolute atomic E-state index is 0.169. The maximum atomic E-state index is 5.99. The van der Waals surface area contributed by atoms with E-state index in [1.165, 1.54) is 18.4 Å². The van der Waals surface area contributed by atoms with E-state index in [4.69, 9.17) is 11.6 Å². The standard InChI is InChI=1S/C14H21ClN2/c1-14(2,3)11-6-7-13(16-10-11)17-8-4-5-12(17)9-15/h6-7,10,12H,4-5,8-9H2,1-3H3. The van der Waals surface area contributed by atoms with Crippen LogP contribution in [0, 0.1) is 0 Å². The molecular weight excluding hydrogens is 232 g/mol. The van der Waals surface area contributed by atoms with Crippen molar-refractivity contribution in [3.8, 4) is 0 Å². The Morgan fingerprint density at radius 2 is 2.18 bits per heavy atom. The van der Waals surface area contributed by atoms with Crippen molar-refractivity contribution in [3.63, 3.8) is 0 Å². The number of alkyl halides is 1. The molecule has 0 amide bonds. The summed E-state index contributed by atoms with van der Waals surface area (Å²) >= 11 is 5.99. The fourth-order valence-electron chi connectivity index (χ4n) is 2.30. The molecule has 0 radical (unpaired) electrons. The fraction of sp³-hybridized carbons (Fsp3) is 0.643. The molecule has 1 aliphatic heterocycles. The van der Waals surface area contributed by atoms with Gasteiger partial charge in [0.05, 0.1) is 0 Å². The second-order valence-electron chi connectivity index (χ2n) is 5.80. The molecule has 0 spiro atoms. The summed E-state index contributed by atoms with van der Waals surface area (Å²) in [6.07, 6.45) is 4.41. The Kier molecular flexibility index (Phi) is 3.62. The van der Waals surface area contributed by atoms with Crippen LogP contribution in [0.2, 0.25) is 0 Å². The van der Waals surface area contributed by atoms with Crippen LogP contribution >= 0.6 is 11.6 Å². The maximum Gasteiger partial charge on any atom is 0.128 e. The van der Waals surface area contributed by atoms with E-state index in [2.05, 4.69) is 42.8 Å². The molecule has 94 valence electrons. The smallest absolute Gasteiger partial charge is 0.128 e. The van der Waals surface area contributed by atoms with Crippen molar-refractivity contribution in [2.75, 3.05) is 17.3 Å². The highest BCUT2D eigenvalue weighted by molar-refractivity contribution is 6.18. The molecule has 1 fully saturated rings.